The van der Waals surface area contributed by atoms with E-state index in [0.29, 0.717) is 21.7 Å². The summed E-state index contributed by atoms with van der Waals surface area (Å²) in [5.41, 5.74) is 1.33. The number of nitro groups is 1. The smallest absolute Gasteiger partial charge is 0.270 e. The lowest BCUT2D eigenvalue weighted by Crippen LogP contribution is -2.15. The molecule has 1 heterocycles. The summed E-state index contributed by atoms with van der Waals surface area (Å²) in [6.07, 6.45) is 2.79. The number of non-ortho nitro benzene ring substituents is 1. The Morgan fingerprint density at radius 2 is 1.82 bits per heavy atom. The molecule has 0 amide bonds. The van der Waals surface area contributed by atoms with E-state index >= 15 is 0 Å². The highest BCUT2D eigenvalue weighted by Crippen LogP contribution is 2.20. The van der Waals surface area contributed by atoms with E-state index in [-0.39, 0.29) is 34.2 Å². The maximum absolute atomic E-state index is 13.3. The molecule has 0 atom stereocenters. The Kier molecular flexibility index (Phi) is 6.33. The lowest BCUT2D eigenvalue weighted by atomic mass is 9.97. The van der Waals surface area contributed by atoms with E-state index in [1.165, 1.54) is 36.7 Å². The third kappa shape index (κ3) is 4.99. The highest BCUT2D eigenvalue weighted by Gasteiger charge is 2.18. The number of Topliss-reactive ketones (excluding diaryl/α,β-unsaturated/α-hetero) is 1. The molecule has 0 fully saturated rings. The fraction of sp³-hybridized carbons (Fsp3) is 0.0400. The van der Waals surface area contributed by atoms with Crippen LogP contribution >= 0.6 is 11.6 Å². The number of anilines is 1. The summed E-state index contributed by atoms with van der Waals surface area (Å²) in [5.74, 6) is -0.451. The Labute approximate surface area is 193 Å². The van der Waals surface area contributed by atoms with E-state index in [9.17, 15) is 19.7 Å². The van der Waals surface area contributed by atoms with Crippen molar-refractivity contribution in [3.63, 3.8) is 0 Å². The van der Waals surface area contributed by atoms with Crippen LogP contribution in [0.3, 0.4) is 0 Å². The minimum Gasteiger partial charge on any atom is -0.464 e. The summed E-state index contributed by atoms with van der Waals surface area (Å²) < 4.78 is 5.57. The lowest BCUT2D eigenvalue weighted by Gasteiger charge is -2.09. The van der Waals surface area contributed by atoms with Gasteiger partial charge in [0.25, 0.3) is 5.69 Å². The van der Waals surface area contributed by atoms with E-state index in [1.807, 2.05) is 0 Å². The molecule has 0 aliphatic carbocycles. The van der Waals surface area contributed by atoms with Crippen molar-refractivity contribution in [3.8, 4) is 0 Å². The van der Waals surface area contributed by atoms with Gasteiger partial charge in [0, 0.05) is 52.2 Å². The summed E-state index contributed by atoms with van der Waals surface area (Å²) in [6, 6.07) is 19.1. The minimum absolute atomic E-state index is 0.0325. The molecule has 0 bridgehead atoms. The first-order valence-corrected chi connectivity index (χ1v) is 10.3. The van der Waals surface area contributed by atoms with E-state index in [4.69, 9.17) is 16.0 Å². The SMILES string of the molecule is O=C(/C(=C/Nc1ccc(Cl)cc1)Cc1coc2ccccc2c1=O)c1cccc([N+](=O)[O-])c1. The number of para-hydroxylation sites is 1. The molecule has 4 aromatic rings. The molecule has 0 saturated heterocycles. The van der Waals surface area contributed by atoms with Gasteiger partial charge in [-0.2, -0.15) is 0 Å². The number of carbonyl (C=O) groups excluding carboxylic acids is 1. The number of nitrogens with one attached hydrogen (secondary N) is 1. The van der Waals surface area contributed by atoms with Gasteiger partial charge >= 0.3 is 0 Å². The van der Waals surface area contributed by atoms with E-state index in [1.54, 1.807) is 48.5 Å². The zero-order valence-electron chi connectivity index (χ0n) is 17.2. The number of fused-ring (bicyclic) bond motifs is 1. The minimum atomic E-state index is -0.565. The topological polar surface area (TPSA) is 102 Å². The van der Waals surface area contributed by atoms with Crippen molar-refractivity contribution in [2.24, 2.45) is 0 Å². The van der Waals surface area contributed by atoms with Crippen molar-refractivity contribution in [3.05, 3.63) is 127 Å². The Hall–Kier alpha value is -4.23. The van der Waals surface area contributed by atoms with Crippen LogP contribution in [0.2, 0.25) is 5.02 Å². The van der Waals surface area contributed by atoms with Crippen molar-refractivity contribution in [2.45, 2.75) is 6.42 Å². The number of allylic oxidation sites excluding steroid dienone is 1. The highest BCUT2D eigenvalue weighted by atomic mass is 35.5. The van der Waals surface area contributed by atoms with Gasteiger partial charge in [0.05, 0.1) is 16.6 Å². The van der Waals surface area contributed by atoms with Crippen molar-refractivity contribution >= 4 is 39.7 Å². The van der Waals surface area contributed by atoms with Gasteiger partial charge < -0.3 is 9.73 Å². The number of hydrogen-bond acceptors (Lipinski definition) is 6. The number of hydrogen-bond donors (Lipinski definition) is 1. The molecule has 4 rings (SSSR count). The van der Waals surface area contributed by atoms with E-state index in [0.717, 1.165) is 0 Å². The molecule has 0 aliphatic rings. The molecule has 7 nitrogen and oxygen atoms in total. The largest absolute Gasteiger partial charge is 0.464 e. The highest BCUT2D eigenvalue weighted by molar-refractivity contribution is 6.30. The van der Waals surface area contributed by atoms with Crippen molar-refractivity contribution < 1.29 is 14.1 Å². The monoisotopic (exact) mass is 460 g/mol. The predicted octanol–water partition coefficient (Wildman–Crippen LogP) is 5.78. The molecular weight excluding hydrogens is 444 g/mol. The second-order valence-corrected chi connectivity index (χ2v) is 7.66. The molecule has 33 heavy (non-hydrogen) atoms. The van der Waals surface area contributed by atoms with E-state index < -0.39 is 10.7 Å². The normalized spacial score (nSPS) is 11.4. The molecule has 0 unspecified atom stereocenters. The van der Waals surface area contributed by atoms with Crippen LogP contribution in [-0.4, -0.2) is 10.7 Å². The van der Waals surface area contributed by atoms with Crippen LogP contribution in [0.25, 0.3) is 11.0 Å². The third-order valence-corrected chi connectivity index (χ3v) is 5.25. The second-order valence-electron chi connectivity index (χ2n) is 7.22. The van der Waals surface area contributed by atoms with Gasteiger partial charge in [0.1, 0.15) is 5.58 Å². The molecule has 0 spiro atoms. The average Bonchev–Trinajstić information content (AvgIpc) is 2.84. The zero-order chi connectivity index (χ0) is 23.4. The fourth-order valence-electron chi connectivity index (χ4n) is 3.30. The summed E-state index contributed by atoms with van der Waals surface area (Å²) in [4.78, 5) is 36.8. The third-order valence-electron chi connectivity index (χ3n) is 5.00. The van der Waals surface area contributed by atoms with Gasteiger partial charge in [0.15, 0.2) is 11.2 Å². The first kappa shape index (κ1) is 22.0. The predicted molar refractivity (Wildman–Crippen MR) is 127 cm³/mol. The number of halogens is 1. The molecular formula is C25H17ClN2O5. The van der Waals surface area contributed by atoms with Crippen LogP contribution in [0.4, 0.5) is 11.4 Å². The molecule has 3 aromatic carbocycles. The number of ketones is 1. The molecule has 8 heteroatoms. The quantitative estimate of drug-likeness (QED) is 0.162. The van der Waals surface area contributed by atoms with Crippen LogP contribution < -0.4 is 10.7 Å². The summed E-state index contributed by atoms with van der Waals surface area (Å²) >= 11 is 5.92. The Bertz CT molecular complexity index is 1440. The molecule has 1 aromatic heterocycles. The van der Waals surface area contributed by atoms with Gasteiger partial charge in [-0.25, -0.2) is 0 Å². The van der Waals surface area contributed by atoms with E-state index in [2.05, 4.69) is 5.32 Å². The summed E-state index contributed by atoms with van der Waals surface area (Å²) in [5, 5.41) is 15.1. The van der Waals surface area contributed by atoms with Crippen LogP contribution in [0.15, 0.2) is 100 Å². The number of nitro benzene ring substituents is 1. The number of carbonyl (C=O) groups is 1. The van der Waals surface area contributed by atoms with Gasteiger partial charge in [-0.15, -0.1) is 0 Å². The van der Waals surface area contributed by atoms with Gasteiger partial charge in [-0.05, 0) is 36.4 Å². The Balaban J connectivity index is 1.73. The number of nitrogens with zero attached hydrogens (tertiary/aromatic N) is 1. The standard InChI is InChI=1S/C25H17ClN2O5/c26-19-8-10-20(11-9-19)27-14-17(24(29)16-4-3-5-21(13-16)28(31)32)12-18-15-33-23-7-2-1-6-22(23)25(18)30/h1-11,13-15,27H,12H2/b17-14+. The molecule has 1 N–H and O–H groups in total. The summed E-state index contributed by atoms with van der Waals surface area (Å²) in [6.45, 7) is 0. The number of benzene rings is 3. The average molecular weight is 461 g/mol. The zero-order valence-corrected chi connectivity index (χ0v) is 17.9. The molecule has 0 saturated carbocycles. The number of rotatable bonds is 7. The van der Waals surface area contributed by atoms with Crippen molar-refractivity contribution in [1.82, 2.24) is 0 Å². The Morgan fingerprint density at radius 1 is 1.06 bits per heavy atom. The van der Waals surface area contributed by atoms with Crippen LogP contribution in [0.1, 0.15) is 15.9 Å². The van der Waals surface area contributed by atoms with Gasteiger partial charge in [-0.1, -0.05) is 35.9 Å². The molecule has 0 aliphatic heterocycles. The molecule has 0 radical (unpaired) electrons. The maximum atomic E-state index is 13.3. The Morgan fingerprint density at radius 3 is 2.58 bits per heavy atom. The summed E-state index contributed by atoms with van der Waals surface area (Å²) in [7, 11) is 0. The second kappa shape index (κ2) is 9.50. The molecule has 164 valence electrons. The first-order chi connectivity index (χ1) is 15.9. The first-order valence-electron chi connectivity index (χ1n) is 9.92. The van der Waals surface area contributed by atoms with Gasteiger partial charge in [0.2, 0.25) is 0 Å². The van der Waals surface area contributed by atoms with Crippen molar-refractivity contribution in [2.75, 3.05) is 5.32 Å². The van der Waals surface area contributed by atoms with Crippen LogP contribution in [-0.2, 0) is 6.42 Å². The lowest BCUT2D eigenvalue weighted by molar-refractivity contribution is -0.384. The van der Waals surface area contributed by atoms with Crippen molar-refractivity contribution in [1.29, 1.82) is 0 Å². The fourth-order valence-corrected chi connectivity index (χ4v) is 3.43. The maximum Gasteiger partial charge on any atom is 0.270 e. The van der Waals surface area contributed by atoms with Crippen LogP contribution in [0.5, 0.6) is 0 Å². The van der Waals surface area contributed by atoms with Gasteiger partial charge in [-0.3, -0.25) is 19.7 Å². The van der Waals surface area contributed by atoms with Crippen LogP contribution in [0, 0.1) is 10.1 Å².